The van der Waals surface area contributed by atoms with E-state index >= 15 is 0 Å². The summed E-state index contributed by atoms with van der Waals surface area (Å²) in [5, 5.41) is 3.14. The molecular weight excluding hydrogens is 366 g/mol. The number of carbonyl (C=O) groups excluding carboxylic acids is 3. The minimum Gasteiger partial charge on any atom is -0.348 e. The van der Waals surface area contributed by atoms with Crippen molar-refractivity contribution in [3.63, 3.8) is 0 Å². The minimum absolute atomic E-state index is 0.102. The first-order chi connectivity index (χ1) is 14.1. The Bertz CT molecular complexity index is 691. The first kappa shape index (κ1) is 19.3. The van der Waals surface area contributed by atoms with E-state index < -0.39 is 0 Å². The molecule has 6 nitrogen and oxygen atoms in total. The number of carbonyl (C=O) groups is 3. The largest absolute Gasteiger partial charge is 0.348 e. The fraction of sp³-hybridized carbons (Fsp3) is 0.783. The molecule has 2 saturated carbocycles. The molecule has 2 aliphatic heterocycles. The second-order valence-electron chi connectivity index (χ2n) is 10.0. The Kier molecular flexibility index (Phi) is 5.01. The van der Waals surface area contributed by atoms with E-state index in [-0.39, 0.29) is 53.5 Å². The Hall–Kier alpha value is -1.69. The summed E-state index contributed by atoms with van der Waals surface area (Å²) in [5.41, 5.74) is 0.146. The Morgan fingerprint density at radius 1 is 0.966 bits per heavy atom. The van der Waals surface area contributed by atoms with Crippen molar-refractivity contribution < 1.29 is 19.3 Å². The summed E-state index contributed by atoms with van der Waals surface area (Å²) < 4.78 is 0. The molecular formula is C23H34N3O3+. The van der Waals surface area contributed by atoms with Crippen LogP contribution in [0, 0.1) is 23.7 Å². The average molecular weight is 401 g/mol. The Morgan fingerprint density at radius 3 is 2.17 bits per heavy atom. The van der Waals surface area contributed by atoms with Gasteiger partial charge in [0, 0.05) is 12.8 Å². The van der Waals surface area contributed by atoms with Crippen LogP contribution < -0.4 is 10.2 Å². The lowest BCUT2D eigenvalue weighted by molar-refractivity contribution is -0.957. The van der Waals surface area contributed by atoms with Crippen LogP contribution in [-0.2, 0) is 14.4 Å². The van der Waals surface area contributed by atoms with Gasteiger partial charge in [-0.15, -0.1) is 0 Å². The number of rotatable bonds is 5. The zero-order chi connectivity index (χ0) is 20.0. The topological polar surface area (TPSA) is 70.9 Å². The van der Waals surface area contributed by atoms with Crippen LogP contribution in [0.3, 0.4) is 0 Å². The van der Waals surface area contributed by atoms with Gasteiger partial charge in [-0.3, -0.25) is 19.3 Å². The lowest BCUT2D eigenvalue weighted by Crippen LogP contribution is -3.22. The summed E-state index contributed by atoms with van der Waals surface area (Å²) in [5.74, 6) is -0.457. The van der Waals surface area contributed by atoms with Crippen LogP contribution in [0.25, 0.3) is 0 Å². The number of piperidine rings is 1. The van der Waals surface area contributed by atoms with E-state index in [9.17, 15) is 14.4 Å². The molecule has 4 atom stereocenters. The maximum Gasteiger partial charge on any atom is 0.240 e. The highest BCUT2D eigenvalue weighted by Gasteiger charge is 2.59. The van der Waals surface area contributed by atoms with Gasteiger partial charge in [0.05, 0.1) is 31.5 Å². The number of amides is 3. The van der Waals surface area contributed by atoms with Gasteiger partial charge < -0.3 is 10.2 Å². The second-order valence-corrected chi connectivity index (χ2v) is 10.0. The molecule has 29 heavy (non-hydrogen) atoms. The molecule has 0 spiro atoms. The lowest BCUT2D eigenvalue weighted by Gasteiger charge is -2.45. The van der Waals surface area contributed by atoms with Crippen LogP contribution in [-0.4, -0.2) is 54.3 Å². The van der Waals surface area contributed by atoms with Crippen LogP contribution in [0.15, 0.2) is 12.2 Å². The van der Waals surface area contributed by atoms with E-state index in [0.717, 1.165) is 6.42 Å². The van der Waals surface area contributed by atoms with E-state index in [1.165, 1.54) is 69.4 Å². The third-order valence-electron chi connectivity index (χ3n) is 8.51. The molecule has 5 rings (SSSR count). The summed E-state index contributed by atoms with van der Waals surface area (Å²) in [4.78, 5) is 41.3. The Labute approximate surface area is 173 Å². The van der Waals surface area contributed by atoms with Gasteiger partial charge in [-0.25, -0.2) is 0 Å². The quantitative estimate of drug-likeness (QED) is 0.527. The van der Waals surface area contributed by atoms with Gasteiger partial charge in [0.25, 0.3) is 0 Å². The normalized spacial score (nSPS) is 35.9. The number of nitrogens with zero attached hydrogens (tertiary/aromatic N) is 1. The molecule has 2 bridgehead atoms. The summed E-state index contributed by atoms with van der Waals surface area (Å²) in [6.07, 6.45) is 15.1. The van der Waals surface area contributed by atoms with Crippen LogP contribution in [0.2, 0.25) is 0 Å². The highest BCUT2D eigenvalue weighted by Crippen LogP contribution is 2.52. The van der Waals surface area contributed by atoms with E-state index in [0.29, 0.717) is 6.54 Å². The SMILES string of the molecule is O=C(CN1C(=O)[C@@H]2[C@H](C1=O)[C@@H]1C=C[C@@H]2C1)NCC1([NH+]2CCCCC2)CCCCC1. The number of allylic oxidation sites excluding steroid dienone is 2. The third-order valence-corrected chi connectivity index (χ3v) is 8.51. The van der Waals surface area contributed by atoms with Crippen molar-refractivity contribution in [2.24, 2.45) is 23.7 Å². The van der Waals surface area contributed by atoms with Gasteiger partial charge in [0.1, 0.15) is 12.1 Å². The summed E-state index contributed by atoms with van der Waals surface area (Å²) >= 11 is 0. The van der Waals surface area contributed by atoms with E-state index in [2.05, 4.69) is 17.5 Å². The molecule has 3 aliphatic carbocycles. The van der Waals surface area contributed by atoms with E-state index in [1.54, 1.807) is 4.90 Å². The number of nitrogens with one attached hydrogen (secondary N) is 2. The van der Waals surface area contributed by atoms with E-state index in [1.807, 2.05) is 0 Å². The van der Waals surface area contributed by atoms with Gasteiger partial charge in [-0.05, 0) is 50.4 Å². The minimum atomic E-state index is -0.215. The zero-order valence-electron chi connectivity index (χ0n) is 17.3. The molecule has 6 heteroatoms. The van der Waals surface area contributed by atoms with Gasteiger partial charge in [0.15, 0.2) is 0 Å². The molecule has 0 aromatic carbocycles. The predicted molar refractivity (Wildman–Crippen MR) is 108 cm³/mol. The van der Waals surface area contributed by atoms with Crippen molar-refractivity contribution in [2.45, 2.75) is 63.3 Å². The molecule has 2 N–H and O–H groups in total. The fourth-order valence-corrected chi connectivity index (χ4v) is 6.98. The van der Waals surface area contributed by atoms with Crippen LogP contribution in [0.4, 0.5) is 0 Å². The molecule has 0 aromatic rings. The first-order valence-electron chi connectivity index (χ1n) is 11.7. The van der Waals surface area contributed by atoms with Gasteiger partial charge in [-0.2, -0.15) is 0 Å². The number of quaternary nitrogens is 1. The van der Waals surface area contributed by atoms with Crippen molar-refractivity contribution in [2.75, 3.05) is 26.2 Å². The number of fused-ring (bicyclic) bond motifs is 5. The van der Waals surface area contributed by atoms with Gasteiger partial charge in [-0.1, -0.05) is 18.6 Å². The lowest BCUT2D eigenvalue weighted by atomic mass is 9.79. The molecule has 4 fully saturated rings. The van der Waals surface area contributed by atoms with Gasteiger partial charge in [0.2, 0.25) is 17.7 Å². The average Bonchev–Trinajstić information content (AvgIpc) is 3.44. The Morgan fingerprint density at radius 2 is 1.55 bits per heavy atom. The molecule has 2 saturated heterocycles. The van der Waals surface area contributed by atoms with Crippen molar-refractivity contribution >= 4 is 17.7 Å². The maximum atomic E-state index is 12.8. The Balaban J connectivity index is 1.21. The molecule has 0 aromatic heterocycles. The van der Waals surface area contributed by atoms with Crippen molar-refractivity contribution in [1.82, 2.24) is 10.2 Å². The summed E-state index contributed by atoms with van der Waals surface area (Å²) in [6.45, 7) is 2.99. The van der Waals surface area contributed by atoms with Gasteiger partial charge >= 0.3 is 0 Å². The zero-order valence-corrected chi connectivity index (χ0v) is 17.3. The van der Waals surface area contributed by atoms with Crippen LogP contribution in [0.1, 0.15) is 57.8 Å². The standard InChI is InChI=1S/C23H33N3O3/c27-18(14-26-21(28)19-16-7-8-17(13-16)20(19)22(26)29)24-15-23(9-3-1-4-10-23)25-11-5-2-6-12-25/h7-8,16-17,19-20H,1-6,9-15H2,(H,24,27)/p+1/t16-,17-,19-,20+/m1/s1. The fourth-order valence-electron chi connectivity index (χ4n) is 6.98. The van der Waals surface area contributed by atoms with E-state index in [4.69, 9.17) is 0 Å². The summed E-state index contributed by atoms with van der Waals surface area (Å²) in [7, 11) is 0. The van der Waals surface area contributed by atoms with Crippen LogP contribution in [0.5, 0.6) is 0 Å². The number of likely N-dealkylation sites (tertiary alicyclic amines) is 2. The second kappa shape index (κ2) is 7.53. The number of imide groups is 1. The van der Waals surface area contributed by atoms with Crippen molar-refractivity contribution in [3.05, 3.63) is 12.2 Å². The van der Waals surface area contributed by atoms with Crippen molar-refractivity contribution in [3.8, 4) is 0 Å². The molecule has 3 amide bonds. The van der Waals surface area contributed by atoms with Crippen molar-refractivity contribution in [1.29, 1.82) is 0 Å². The maximum absolute atomic E-state index is 12.8. The molecule has 5 aliphatic rings. The number of hydrogen-bond acceptors (Lipinski definition) is 3. The molecule has 2 heterocycles. The molecule has 0 radical (unpaired) electrons. The first-order valence-corrected chi connectivity index (χ1v) is 11.7. The predicted octanol–water partition coefficient (Wildman–Crippen LogP) is 0.681. The highest BCUT2D eigenvalue weighted by molar-refractivity contribution is 6.08. The summed E-state index contributed by atoms with van der Waals surface area (Å²) in [6, 6.07) is 0. The third kappa shape index (κ3) is 3.24. The smallest absolute Gasteiger partial charge is 0.240 e. The molecule has 0 unspecified atom stereocenters. The number of hydrogen-bond donors (Lipinski definition) is 2. The molecule has 158 valence electrons. The van der Waals surface area contributed by atoms with Crippen LogP contribution >= 0.6 is 0 Å². The monoisotopic (exact) mass is 400 g/mol. The highest BCUT2D eigenvalue weighted by atomic mass is 16.2.